The molecular weight excluding hydrogens is 392 g/mol. The number of carbonyl (C=O) groups excluding carboxylic acids is 1. The average molecular weight is 405 g/mol. The summed E-state index contributed by atoms with van der Waals surface area (Å²) < 4.78 is 26.7. The van der Waals surface area contributed by atoms with Crippen LogP contribution in [-0.4, -0.2) is 31.6 Å². The number of anilines is 1. The minimum absolute atomic E-state index is 0.0247. The summed E-state index contributed by atoms with van der Waals surface area (Å²) in [6, 6.07) is 11.9. The zero-order chi connectivity index (χ0) is 20.3. The molecule has 0 radical (unpaired) electrons. The molecule has 0 saturated heterocycles. The molecule has 0 spiro atoms. The van der Waals surface area contributed by atoms with Crippen molar-refractivity contribution in [1.29, 1.82) is 0 Å². The molecule has 3 rings (SSSR count). The van der Waals surface area contributed by atoms with Gasteiger partial charge in [-0.05, 0) is 25.1 Å². The molecule has 0 aliphatic rings. The Labute approximate surface area is 161 Å². The number of benzene rings is 2. The minimum Gasteiger partial charge on any atom is -0.319 e. The van der Waals surface area contributed by atoms with Gasteiger partial charge in [0.05, 0.1) is 22.0 Å². The van der Waals surface area contributed by atoms with Gasteiger partial charge >= 0.3 is 0 Å². The van der Waals surface area contributed by atoms with Gasteiger partial charge in [0, 0.05) is 17.0 Å². The standard InChI is InChI=1S/C17H13F2N5O3S/c1-10-15(16(25)20-13-7-2-3-8-14(13)28-17(18)19)21-22-23(10)11-5-4-6-12(9-11)24(26)27/h2-9,17H,1H3,(H,20,25). The summed E-state index contributed by atoms with van der Waals surface area (Å²) in [4.78, 5) is 23.2. The number of nitrogens with zero attached hydrogens (tertiary/aromatic N) is 4. The van der Waals surface area contributed by atoms with Crippen molar-refractivity contribution in [1.82, 2.24) is 15.0 Å². The third-order valence-electron chi connectivity index (χ3n) is 3.75. The molecule has 0 fully saturated rings. The topological polar surface area (TPSA) is 103 Å². The highest BCUT2D eigenvalue weighted by Crippen LogP contribution is 2.32. The number of halogens is 2. The van der Waals surface area contributed by atoms with E-state index in [0.29, 0.717) is 23.1 Å². The predicted molar refractivity (Wildman–Crippen MR) is 99.0 cm³/mol. The molecule has 1 aromatic heterocycles. The van der Waals surface area contributed by atoms with Crippen LogP contribution in [0.5, 0.6) is 0 Å². The molecule has 0 aliphatic carbocycles. The third-order valence-corrected chi connectivity index (χ3v) is 4.53. The first kappa shape index (κ1) is 19.4. The quantitative estimate of drug-likeness (QED) is 0.377. The molecule has 28 heavy (non-hydrogen) atoms. The maximum absolute atomic E-state index is 12.7. The van der Waals surface area contributed by atoms with E-state index >= 15 is 0 Å². The first-order valence-electron chi connectivity index (χ1n) is 7.89. The number of alkyl halides is 2. The van der Waals surface area contributed by atoms with Crippen LogP contribution in [0, 0.1) is 17.0 Å². The van der Waals surface area contributed by atoms with Gasteiger partial charge in [-0.25, -0.2) is 4.68 Å². The lowest BCUT2D eigenvalue weighted by atomic mass is 10.2. The van der Waals surface area contributed by atoms with Crippen LogP contribution in [0.1, 0.15) is 16.2 Å². The summed E-state index contributed by atoms with van der Waals surface area (Å²) in [6.45, 7) is 1.58. The van der Waals surface area contributed by atoms with Crippen LogP contribution in [0.25, 0.3) is 5.69 Å². The fourth-order valence-electron chi connectivity index (χ4n) is 2.47. The van der Waals surface area contributed by atoms with E-state index in [-0.39, 0.29) is 22.0 Å². The van der Waals surface area contributed by atoms with Crippen molar-refractivity contribution in [3.05, 3.63) is 70.0 Å². The van der Waals surface area contributed by atoms with E-state index in [0.717, 1.165) is 0 Å². The van der Waals surface area contributed by atoms with Gasteiger partial charge in [0.1, 0.15) is 0 Å². The van der Waals surface area contributed by atoms with Gasteiger partial charge in [0.15, 0.2) is 5.69 Å². The van der Waals surface area contributed by atoms with Crippen molar-refractivity contribution in [3.8, 4) is 5.69 Å². The molecule has 0 atom stereocenters. The SMILES string of the molecule is Cc1c(C(=O)Nc2ccccc2SC(F)F)nnn1-c1cccc([N+](=O)[O-])c1. The minimum atomic E-state index is -2.63. The van der Waals surface area contributed by atoms with Gasteiger partial charge in [-0.2, -0.15) is 8.78 Å². The Balaban J connectivity index is 1.87. The molecule has 1 N–H and O–H groups in total. The van der Waals surface area contributed by atoms with E-state index in [1.54, 1.807) is 25.1 Å². The number of hydrogen-bond donors (Lipinski definition) is 1. The second-order valence-corrected chi connectivity index (χ2v) is 6.57. The molecule has 0 unspecified atom stereocenters. The van der Waals surface area contributed by atoms with E-state index in [1.807, 2.05) is 0 Å². The summed E-state index contributed by atoms with van der Waals surface area (Å²) in [5.41, 5.74) is 0.783. The number of para-hydroxylation sites is 1. The average Bonchev–Trinajstić information content (AvgIpc) is 3.04. The summed E-state index contributed by atoms with van der Waals surface area (Å²) in [7, 11) is 0. The second-order valence-electron chi connectivity index (χ2n) is 5.54. The van der Waals surface area contributed by atoms with Crippen LogP contribution in [0.2, 0.25) is 0 Å². The number of nitro benzene ring substituents is 1. The summed E-state index contributed by atoms with van der Waals surface area (Å²) >= 11 is 0.320. The van der Waals surface area contributed by atoms with Crippen LogP contribution >= 0.6 is 11.8 Å². The predicted octanol–water partition coefficient (Wildman–Crippen LogP) is 4.05. The number of nitro groups is 1. The van der Waals surface area contributed by atoms with E-state index in [4.69, 9.17) is 0 Å². The smallest absolute Gasteiger partial charge is 0.288 e. The lowest BCUT2D eigenvalue weighted by molar-refractivity contribution is -0.384. The van der Waals surface area contributed by atoms with Crippen LogP contribution in [0.4, 0.5) is 20.2 Å². The maximum atomic E-state index is 12.7. The van der Waals surface area contributed by atoms with Gasteiger partial charge in [-0.3, -0.25) is 14.9 Å². The Morgan fingerprint density at radius 1 is 1.25 bits per heavy atom. The fourth-order valence-corrected chi connectivity index (χ4v) is 3.07. The van der Waals surface area contributed by atoms with Crippen molar-refractivity contribution in [2.75, 3.05) is 5.32 Å². The molecule has 144 valence electrons. The molecule has 2 aromatic carbocycles. The van der Waals surface area contributed by atoms with Crippen molar-refractivity contribution >= 4 is 29.0 Å². The van der Waals surface area contributed by atoms with Gasteiger partial charge in [-0.15, -0.1) is 5.10 Å². The van der Waals surface area contributed by atoms with Gasteiger partial charge < -0.3 is 5.32 Å². The Kier molecular flexibility index (Phi) is 5.64. The van der Waals surface area contributed by atoms with Crippen molar-refractivity contribution in [2.45, 2.75) is 17.6 Å². The van der Waals surface area contributed by atoms with Crippen LogP contribution in [0.3, 0.4) is 0 Å². The lowest BCUT2D eigenvalue weighted by Crippen LogP contribution is -2.15. The second kappa shape index (κ2) is 8.13. The number of non-ortho nitro benzene ring substituents is 1. The third kappa shape index (κ3) is 4.14. The Morgan fingerprint density at radius 2 is 2.00 bits per heavy atom. The van der Waals surface area contributed by atoms with E-state index in [1.165, 1.54) is 35.0 Å². The van der Waals surface area contributed by atoms with Crippen molar-refractivity contribution in [3.63, 3.8) is 0 Å². The number of nitrogens with one attached hydrogen (secondary N) is 1. The molecular formula is C17H13F2N5O3S. The highest BCUT2D eigenvalue weighted by molar-refractivity contribution is 7.99. The molecule has 0 saturated carbocycles. The molecule has 8 nitrogen and oxygen atoms in total. The van der Waals surface area contributed by atoms with Crippen LogP contribution in [0.15, 0.2) is 53.4 Å². The summed E-state index contributed by atoms with van der Waals surface area (Å²) in [6.07, 6.45) is 0. The monoisotopic (exact) mass is 405 g/mol. The van der Waals surface area contributed by atoms with E-state index < -0.39 is 16.6 Å². The molecule has 11 heteroatoms. The summed E-state index contributed by atoms with van der Waals surface area (Å²) in [5, 5.41) is 21.2. The Morgan fingerprint density at radius 3 is 2.71 bits per heavy atom. The molecule has 1 amide bonds. The number of amides is 1. The van der Waals surface area contributed by atoms with Gasteiger partial charge in [-0.1, -0.05) is 35.2 Å². The maximum Gasteiger partial charge on any atom is 0.288 e. The van der Waals surface area contributed by atoms with Crippen molar-refractivity contribution in [2.24, 2.45) is 0 Å². The number of hydrogen-bond acceptors (Lipinski definition) is 6. The molecule has 1 heterocycles. The zero-order valence-electron chi connectivity index (χ0n) is 14.4. The molecule has 0 aliphatic heterocycles. The summed E-state index contributed by atoms with van der Waals surface area (Å²) in [5.74, 6) is -3.26. The van der Waals surface area contributed by atoms with Crippen LogP contribution < -0.4 is 5.32 Å². The molecule has 3 aromatic rings. The van der Waals surface area contributed by atoms with Crippen molar-refractivity contribution < 1.29 is 18.5 Å². The first-order chi connectivity index (χ1) is 13.4. The normalized spacial score (nSPS) is 10.9. The fraction of sp³-hybridized carbons (Fsp3) is 0.118. The highest BCUT2D eigenvalue weighted by Gasteiger charge is 2.20. The largest absolute Gasteiger partial charge is 0.319 e. The number of aromatic nitrogens is 3. The number of rotatable bonds is 6. The van der Waals surface area contributed by atoms with E-state index in [2.05, 4.69) is 15.6 Å². The highest BCUT2D eigenvalue weighted by atomic mass is 32.2. The zero-order valence-corrected chi connectivity index (χ0v) is 15.2. The van der Waals surface area contributed by atoms with Crippen LogP contribution in [-0.2, 0) is 0 Å². The Hall–Kier alpha value is -3.34. The first-order valence-corrected chi connectivity index (χ1v) is 8.77. The number of thioether (sulfide) groups is 1. The molecule has 0 bridgehead atoms. The van der Waals surface area contributed by atoms with E-state index in [9.17, 15) is 23.7 Å². The van der Waals surface area contributed by atoms with Gasteiger partial charge in [0.25, 0.3) is 17.4 Å². The van der Waals surface area contributed by atoms with Gasteiger partial charge in [0.2, 0.25) is 0 Å². The lowest BCUT2D eigenvalue weighted by Gasteiger charge is -2.09. The Bertz CT molecular complexity index is 1040. The number of carbonyl (C=O) groups is 1.